The Morgan fingerprint density at radius 2 is 2.16 bits per heavy atom. The first-order valence-corrected chi connectivity index (χ1v) is 9.53. The molecule has 0 spiro atoms. The van der Waals surface area contributed by atoms with Gasteiger partial charge in [0.1, 0.15) is 5.69 Å². The quantitative estimate of drug-likeness (QED) is 0.386. The molecule has 4 rings (SSSR count). The van der Waals surface area contributed by atoms with Crippen LogP contribution in [0.3, 0.4) is 0 Å². The van der Waals surface area contributed by atoms with Crippen molar-refractivity contribution in [3.8, 4) is 0 Å². The maximum absolute atomic E-state index is 12.7. The van der Waals surface area contributed by atoms with Crippen molar-refractivity contribution in [2.45, 2.75) is 31.6 Å². The standard InChI is InChI=1S/C20H19F3N6O2/c1-28-15(7-6-13-4-2-3-5-16(13)28)11-29-12-18(31-27-29)26-19(30)25-14-8-9-24-17(10-14)20(21,22)23/h2-5,8-10,12,15H,6-7,11H2,1H3,(H-,24,25,26,27,30)/t15-/m1/s1. The molecule has 8 nitrogen and oxygen atoms in total. The molecule has 0 unspecified atom stereocenters. The molecule has 0 aliphatic carbocycles. The Morgan fingerprint density at radius 3 is 2.97 bits per heavy atom. The van der Waals surface area contributed by atoms with Crippen molar-refractivity contribution < 1.29 is 27.5 Å². The van der Waals surface area contributed by atoms with Crippen LogP contribution in [-0.4, -0.2) is 29.4 Å². The van der Waals surface area contributed by atoms with E-state index in [0.717, 1.165) is 25.1 Å². The summed E-state index contributed by atoms with van der Waals surface area (Å²) in [4.78, 5) is 9.12. The summed E-state index contributed by atoms with van der Waals surface area (Å²) in [6.45, 7) is 0.533. The van der Waals surface area contributed by atoms with E-state index in [4.69, 9.17) is 4.52 Å². The second-order valence-electron chi connectivity index (χ2n) is 7.16. The Hall–Kier alpha value is -3.63. The molecule has 31 heavy (non-hydrogen) atoms. The number of alkyl halides is 3. The molecule has 1 aliphatic heterocycles. The fourth-order valence-electron chi connectivity index (χ4n) is 3.53. The molecule has 1 N–H and O–H groups in total. The molecule has 1 aliphatic rings. The molecule has 11 heteroatoms. The van der Waals surface area contributed by atoms with Gasteiger partial charge in [0.25, 0.3) is 6.20 Å². The fraction of sp³-hybridized carbons (Fsp3) is 0.300. The Kier molecular flexibility index (Phi) is 5.49. The number of fused-ring (bicyclic) bond motifs is 1. The summed E-state index contributed by atoms with van der Waals surface area (Å²) in [6.07, 6.45) is -0.290. The number of likely N-dealkylation sites (N-methyl/N-ethyl adjacent to an activating group) is 1. The molecule has 0 fully saturated rings. The zero-order valence-corrected chi connectivity index (χ0v) is 16.5. The van der Waals surface area contributed by atoms with E-state index in [1.165, 1.54) is 23.5 Å². The number of pyridine rings is 1. The van der Waals surface area contributed by atoms with Gasteiger partial charge in [-0.2, -0.15) is 13.2 Å². The number of halogens is 3. The summed E-state index contributed by atoms with van der Waals surface area (Å²) in [5.74, 6) is -0.0542. The number of aliphatic imine (C=N–C) groups is 1. The largest absolute Gasteiger partial charge is 0.846 e. The normalized spacial score (nSPS) is 16.8. The zero-order valence-electron chi connectivity index (χ0n) is 16.5. The van der Waals surface area contributed by atoms with Crippen molar-refractivity contribution in [2.75, 3.05) is 17.3 Å². The lowest BCUT2D eigenvalue weighted by atomic mass is 9.96. The van der Waals surface area contributed by atoms with Gasteiger partial charge < -0.3 is 15.3 Å². The Morgan fingerprint density at radius 1 is 1.35 bits per heavy atom. The minimum atomic E-state index is -4.61. The number of nitrogens with zero attached hydrogens (tertiary/aromatic N) is 5. The number of nitrogens with one attached hydrogen (secondary N) is 1. The van der Waals surface area contributed by atoms with Crippen molar-refractivity contribution in [3.05, 3.63) is 60.0 Å². The third-order valence-corrected chi connectivity index (χ3v) is 5.08. The molecule has 1 atom stereocenters. The van der Waals surface area contributed by atoms with E-state index in [2.05, 4.69) is 37.6 Å². The summed E-state index contributed by atoms with van der Waals surface area (Å²) >= 11 is 0. The van der Waals surface area contributed by atoms with Crippen LogP contribution in [0.2, 0.25) is 0 Å². The summed E-state index contributed by atoms with van der Waals surface area (Å²) < 4.78 is 44.8. The number of amidine groups is 1. The van der Waals surface area contributed by atoms with Crippen LogP contribution in [0.15, 0.2) is 58.3 Å². The van der Waals surface area contributed by atoms with Crippen LogP contribution in [0.1, 0.15) is 17.7 Å². The number of aryl methyl sites for hydroxylation is 1. The smallest absolute Gasteiger partial charge is 0.433 e. The number of hydrogen-bond acceptors (Lipinski definition) is 6. The van der Waals surface area contributed by atoms with Crippen LogP contribution in [-0.2, 0) is 19.1 Å². The van der Waals surface area contributed by atoms with Gasteiger partial charge in [0.2, 0.25) is 5.27 Å². The van der Waals surface area contributed by atoms with Crippen LogP contribution in [0.25, 0.3) is 0 Å². The minimum absolute atomic E-state index is 0.0542. The Balaban J connectivity index is 1.42. The molecule has 0 saturated heterocycles. The number of para-hydroxylation sites is 1. The van der Waals surface area contributed by atoms with Crippen molar-refractivity contribution >= 4 is 23.3 Å². The number of aromatic nitrogens is 3. The van der Waals surface area contributed by atoms with Crippen molar-refractivity contribution in [1.82, 2.24) is 10.3 Å². The van der Waals surface area contributed by atoms with Gasteiger partial charge in [-0.3, -0.25) is 9.51 Å². The number of hydrogen-bond donors (Lipinski definition) is 1. The lowest BCUT2D eigenvalue weighted by Crippen LogP contribution is -2.49. The molecule has 0 radical (unpaired) electrons. The van der Waals surface area contributed by atoms with Gasteiger partial charge in [0.15, 0.2) is 6.54 Å². The monoisotopic (exact) mass is 432 g/mol. The van der Waals surface area contributed by atoms with Gasteiger partial charge in [0.05, 0.1) is 12.1 Å². The SMILES string of the molecule is CN1c2ccccc2CC[C@@H]1C[n+]1cc(N=C([O-])Nc2ccnc(C(F)(F)F)c2)on1. The van der Waals surface area contributed by atoms with Crippen LogP contribution < -0.4 is 20.0 Å². The maximum Gasteiger partial charge on any atom is 0.433 e. The van der Waals surface area contributed by atoms with E-state index in [9.17, 15) is 18.3 Å². The first-order valence-electron chi connectivity index (χ1n) is 9.53. The number of rotatable bonds is 4. The average molecular weight is 432 g/mol. The molecule has 3 heterocycles. The molecule has 2 aromatic heterocycles. The van der Waals surface area contributed by atoms with Gasteiger partial charge in [-0.1, -0.05) is 18.2 Å². The lowest BCUT2D eigenvalue weighted by molar-refractivity contribution is -0.763. The first-order chi connectivity index (χ1) is 14.8. The summed E-state index contributed by atoms with van der Waals surface area (Å²) in [7, 11) is 2.02. The lowest BCUT2D eigenvalue weighted by Gasteiger charge is -2.33. The predicted molar refractivity (Wildman–Crippen MR) is 104 cm³/mol. The highest BCUT2D eigenvalue weighted by molar-refractivity contribution is 5.86. The van der Waals surface area contributed by atoms with E-state index in [1.54, 1.807) is 4.68 Å². The molecule has 0 amide bonds. The Bertz CT molecular complexity index is 1100. The van der Waals surface area contributed by atoms with Crippen molar-refractivity contribution in [3.63, 3.8) is 0 Å². The highest BCUT2D eigenvalue weighted by atomic mass is 19.4. The van der Waals surface area contributed by atoms with Gasteiger partial charge in [0, 0.05) is 24.6 Å². The highest BCUT2D eigenvalue weighted by Crippen LogP contribution is 2.30. The molecular weight excluding hydrogens is 413 g/mol. The second-order valence-corrected chi connectivity index (χ2v) is 7.16. The summed E-state index contributed by atoms with van der Waals surface area (Å²) in [6, 6.07) is 9.47. The van der Waals surface area contributed by atoms with Crippen molar-refractivity contribution in [2.24, 2.45) is 4.99 Å². The average Bonchev–Trinajstić information content (AvgIpc) is 3.16. The fourth-order valence-corrected chi connectivity index (χ4v) is 3.53. The highest BCUT2D eigenvalue weighted by Gasteiger charge is 2.32. The maximum atomic E-state index is 12.7. The van der Waals surface area contributed by atoms with E-state index in [1.807, 2.05) is 19.2 Å². The second kappa shape index (κ2) is 8.25. The van der Waals surface area contributed by atoms with E-state index < -0.39 is 17.9 Å². The van der Waals surface area contributed by atoms with Crippen LogP contribution in [0.5, 0.6) is 0 Å². The zero-order chi connectivity index (χ0) is 22.0. The first kappa shape index (κ1) is 20.6. The van der Waals surface area contributed by atoms with E-state index >= 15 is 0 Å². The minimum Gasteiger partial charge on any atom is -0.846 e. The Labute approximate surface area is 175 Å². The van der Waals surface area contributed by atoms with Crippen molar-refractivity contribution in [1.29, 1.82) is 0 Å². The molecule has 162 valence electrons. The molecule has 0 saturated carbocycles. The molecule has 0 bridgehead atoms. The predicted octanol–water partition coefficient (Wildman–Crippen LogP) is 2.29. The molecule has 3 aromatic rings. The van der Waals surface area contributed by atoms with Gasteiger partial charge in [-0.25, -0.2) is 4.99 Å². The van der Waals surface area contributed by atoms with Gasteiger partial charge >= 0.3 is 12.1 Å². The third kappa shape index (κ3) is 4.76. The topological polar surface area (TPSA) is 93.5 Å². The van der Waals surface area contributed by atoms with E-state index in [-0.39, 0.29) is 17.6 Å². The molecule has 1 aromatic carbocycles. The molecular formula is C20H19F3N6O2. The summed E-state index contributed by atoms with van der Waals surface area (Å²) in [5, 5.41) is 18.2. The van der Waals surface area contributed by atoms with Crippen LogP contribution >= 0.6 is 0 Å². The van der Waals surface area contributed by atoms with Crippen LogP contribution in [0.4, 0.5) is 30.4 Å². The summed E-state index contributed by atoms with van der Waals surface area (Å²) in [5.41, 5.74) is 1.28. The van der Waals surface area contributed by atoms with Gasteiger partial charge in [-0.15, -0.1) is 0 Å². The third-order valence-electron chi connectivity index (χ3n) is 5.08. The van der Waals surface area contributed by atoms with E-state index in [0.29, 0.717) is 6.54 Å². The van der Waals surface area contributed by atoms with Crippen LogP contribution in [0, 0.1) is 0 Å². The number of benzene rings is 1. The van der Waals surface area contributed by atoms with Gasteiger partial charge in [-0.05, 0) is 41.3 Å². The number of anilines is 2.